The highest BCUT2D eigenvalue weighted by Gasteiger charge is 2.47. The minimum absolute atomic E-state index is 0.546. The smallest absolute Gasteiger partial charge is 0.130 e. The van der Waals surface area contributed by atoms with Gasteiger partial charge in [-0.05, 0) is 25.1 Å². The van der Waals surface area contributed by atoms with E-state index in [1.54, 1.807) is 7.11 Å². The Bertz CT molecular complexity index is 671. The number of aromatic nitrogens is 1. The second-order valence-corrected chi connectivity index (χ2v) is 6.13. The number of hydrogen-bond acceptors (Lipinski definition) is 4. The van der Waals surface area contributed by atoms with Crippen molar-refractivity contribution in [1.29, 1.82) is 0 Å². The zero-order chi connectivity index (χ0) is 13.7. The molecule has 0 atom stereocenters. The fraction of sp³-hybridized carbons (Fsp3) is 0.438. The summed E-state index contributed by atoms with van der Waals surface area (Å²) in [5, 5.41) is 4.47. The fourth-order valence-corrected chi connectivity index (χ4v) is 3.32. The number of aryl methyl sites for hydroxylation is 1. The molecular formula is C16H19N3O. The lowest BCUT2D eigenvalue weighted by Crippen LogP contribution is -2.71. The number of methoxy groups -OCH3 is 1. The van der Waals surface area contributed by atoms with Crippen LogP contribution in [0.1, 0.15) is 5.69 Å². The summed E-state index contributed by atoms with van der Waals surface area (Å²) < 4.78 is 5.50. The molecule has 2 aliphatic heterocycles. The van der Waals surface area contributed by atoms with Crippen molar-refractivity contribution in [3.63, 3.8) is 0 Å². The topological polar surface area (TPSA) is 37.4 Å². The molecular weight excluding hydrogens is 250 g/mol. The summed E-state index contributed by atoms with van der Waals surface area (Å²) in [6, 6.07) is 8.48. The molecule has 3 heterocycles. The van der Waals surface area contributed by atoms with E-state index in [1.165, 1.54) is 18.8 Å². The molecule has 0 saturated carbocycles. The van der Waals surface area contributed by atoms with Crippen molar-refractivity contribution in [2.75, 3.05) is 38.2 Å². The third-order valence-corrected chi connectivity index (χ3v) is 4.52. The molecule has 4 heteroatoms. The Balaban J connectivity index is 1.70. The Morgan fingerprint density at radius 2 is 2.05 bits per heavy atom. The highest BCUT2D eigenvalue weighted by atomic mass is 16.5. The number of pyridine rings is 1. The lowest BCUT2D eigenvalue weighted by molar-refractivity contribution is 0.121. The van der Waals surface area contributed by atoms with Crippen molar-refractivity contribution in [2.24, 2.45) is 5.41 Å². The zero-order valence-electron chi connectivity index (χ0n) is 11.9. The van der Waals surface area contributed by atoms with Gasteiger partial charge >= 0.3 is 0 Å². The highest BCUT2D eigenvalue weighted by Crippen LogP contribution is 2.39. The standard InChI is InChI=1S/C16H19N3O/c1-11-5-15(20-2)13-6-12(3-4-14(13)18-11)19-9-16(10-19)7-17-8-16/h3-6,17H,7-10H2,1-2H3. The first-order valence-electron chi connectivity index (χ1n) is 7.10. The van der Waals surface area contributed by atoms with E-state index in [1.807, 2.05) is 13.0 Å². The Hall–Kier alpha value is -1.81. The van der Waals surface area contributed by atoms with Crippen molar-refractivity contribution >= 4 is 16.6 Å². The van der Waals surface area contributed by atoms with Gasteiger partial charge in [-0.2, -0.15) is 0 Å². The second kappa shape index (κ2) is 4.09. The van der Waals surface area contributed by atoms with E-state index in [4.69, 9.17) is 4.74 Å². The van der Waals surface area contributed by atoms with Crippen LogP contribution in [0.15, 0.2) is 24.3 Å². The average molecular weight is 269 g/mol. The molecule has 20 heavy (non-hydrogen) atoms. The minimum atomic E-state index is 0.546. The largest absolute Gasteiger partial charge is 0.496 e. The van der Waals surface area contributed by atoms with Crippen LogP contribution in [-0.4, -0.2) is 38.3 Å². The number of nitrogens with zero attached hydrogens (tertiary/aromatic N) is 2. The molecule has 0 unspecified atom stereocenters. The molecule has 104 valence electrons. The lowest BCUT2D eigenvalue weighted by Gasteiger charge is -2.57. The second-order valence-electron chi connectivity index (χ2n) is 6.13. The van der Waals surface area contributed by atoms with Gasteiger partial charge in [-0.1, -0.05) is 0 Å². The summed E-state index contributed by atoms with van der Waals surface area (Å²) in [5.41, 5.74) is 3.82. The number of rotatable bonds is 2. The molecule has 2 fully saturated rings. The van der Waals surface area contributed by atoms with Gasteiger partial charge in [0.05, 0.1) is 12.6 Å². The summed E-state index contributed by atoms with van der Waals surface area (Å²) in [5.74, 6) is 0.912. The van der Waals surface area contributed by atoms with Crippen LogP contribution in [0.3, 0.4) is 0 Å². The minimum Gasteiger partial charge on any atom is -0.496 e. The number of ether oxygens (including phenoxy) is 1. The maximum absolute atomic E-state index is 5.50. The van der Waals surface area contributed by atoms with Gasteiger partial charge < -0.3 is 15.0 Å². The van der Waals surface area contributed by atoms with Gasteiger partial charge in [0.25, 0.3) is 0 Å². The normalized spacial score (nSPS) is 19.8. The summed E-state index contributed by atoms with van der Waals surface area (Å²) in [7, 11) is 1.72. The quantitative estimate of drug-likeness (QED) is 0.904. The van der Waals surface area contributed by atoms with E-state index in [-0.39, 0.29) is 0 Å². The van der Waals surface area contributed by atoms with E-state index in [0.717, 1.165) is 35.4 Å². The summed E-state index contributed by atoms with van der Waals surface area (Å²) >= 11 is 0. The first-order chi connectivity index (χ1) is 9.69. The monoisotopic (exact) mass is 269 g/mol. The lowest BCUT2D eigenvalue weighted by atomic mass is 9.74. The SMILES string of the molecule is COc1cc(C)nc2ccc(N3CC4(CNC4)C3)cc12. The molecule has 4 rings (SSSR count). The maximum Gasteiger partial charge on any atom is 0.130 e. The van der Waals surface area contributed by atoms with Crippen LogP contribution in [0, 0.1) is 12.3 Å². The maximum atomic E-state index is 5.50. The molecule has 0 bridgehead atoms. The summed E-state index contributed by atoms with van der Waals surface area (Å²) in [6.45, 7) is 6.65. The third-order valence-electron chi connectivity index (χ3n) is 4.52. The van der Waals surface area contributed by atoms with Gasteiger partial charge in [0, 0.05) is 54.4 Å². The molecule has 4 nitrogen and oxygen atoms in total. The molecule has 1 aromatic carbocycles. The summed E-state index contributed by atoms with van der Waals surface area (Å²) in [6.07, 6.45) is 0. The number of anilines is 1. The predicted molar refractivity (Wildman–Crippen MR) is 80.5 cm³/mol. The predicted octanol–water partition coefficient (Wildman–Crippen LogP) is 1.96. The molecule has 2 aromatic rings. The first-order valence-corrected chi connectivity index (χ1v) is 7.10. The number of nitrogens with one attached hydrogen (secondary N) is 1. The Morgan fingerprint density at radius 3 is 2.70 bits per heavy atom. The zero-order valence-corrected chi connectivity index (χ0v) is 11.9. The molecule has 0 radical (unpaired) electrons. The van der Waals surface area contributed by atoms with Gasteiger partial charge in [-0.25, -0.2) is 0 Å². The highest BCUT2D eigenvalue weighted by molar-refractivity contribution is 5.88. The van der Waals surface area contributed by atoms with Crippen molar-refractivity contribution in [3.8, 4) is 5.75 Å². The van der Waals surface area contributed by atoms with Gasteiger partial charge in [-0.15, -0.1) is 0 Å². The molecule has 1 aromatic heterocycles. The molecule has 2 aliphatic rings. The van der Waals surface area contributed by atoms with Crippen LogP contribution in [-0.2, 0) is 0 Å². The van der Waals surface area contributed by atoms with Crippen LogP contribution < -0.4 is 15.0 Å². The number of benzene rings is 1. The van der Waals surface area contributed by atoms with Crippen LogP contribution in [0.5, 0.6) is 5.75 Å². The third kappa shape index (κ3) is 1.68. The Morgan fingerprint density at radius 1 is 1.25 bits per heavy atom. The van der Waals surface area contributed by atoms with Crippen molar-refractivity contribution in [3.05, 3.63) is 30.0 Å². The molecule has 0 aliphatic carbocycles. The van der Waals surface area contributed by atoms with E-state index >= 15 is 0 Å². The van der Waals surface area contributed by atoms with E-state index in [2.05, 4.69) is 33.4 Å². The molecule has 2 saturated heterocycles. The van der Waals surface area contributed by atoms with E-state index in [0.29, 0.717) is 5.41 Å². The van der Waals surface area contributed by atoms with Gasteiger partial charge in [0.2, 0.25) is 0 Å². The summed E-state index contributed by atoms with van der Waals surface area (Å²) in [4.78, 5) is 7.02. The van der Waals surface area contributed by atoms with Gasteiger partial charge in [0.15, 0.2) is 0 Å². The molecule has 1 N–H and O–H groups in total. The van der Waals surface area contributed by atoms with Crippen LogP contribution in [0.25, 0.3) is 10.9 Å². The first kappa shape index (κ1) is 12.0. The Kier molecular flexibility index (Phi) is 2.45. The van der Waals surface area contributed by atoms with Crippen LogP contribution in [0.4, 0.5) is 5.69 Å². The average Bonchev–Trinajstić information content (AvgIpc) is 2.34. The Labute approximate surface area is 118 Å². The van der Waals surface area contributed by atoms with E-state index < -0.39 is 0 Å². The number of hydrogen-bond donors (Lipinski definition) is 1. The van der Waals surface area contributed by atoms with Crippen molar-refractivity contribution in [2.45, 2.75) is 6.92 Å². The van der Waals surface area contributed by atoms with E-state index in [9.17, 15) is 0 Å². The van der Waals surface area contributed by atoms with Crippen LogP contribution >= 0.6 is 0 Å². The van der Waals surface area contributed by atoms with Crippen LogP contribution in [0.2, 0.25) is 0 Å². The fourth-order valence-electron chi connectivity index (χ4n) is 3.32. The van der Waals surface area contributed by atoms with Crippen molar-refractivity contribution < 1.29 is 4.74 Å². The van der Waals surface area contributed by atoms with Crippen molar-refractivity contribution in [1.82, 2.24) is 10.3 Å². The number of fused-ring (bicyclic) bond motifs is 1. The van der Waals surface area contributed by atoms with Gasteiger partial charge in [0.1, 0.15) is 5.75 Å². The molecule has 1 spiro atoms. The molecule has 0 amide bonds. The van der Waals surface area contributed by atoms with Gasteiger partial charge in [-0.3, -0.25) is 4.98 Å².